The summed E-state index contributed by atoms with van der Waals surface area (Å²) < 4.78 is 0. The van der Waals surface area contributed by atoms with Gasteiger partial charge in [0.2, 0.25) is 5.91 Å². The van der Waals surface area contributed by atoms with Crippen molar-refractivity contribution in [3.8, 4) is 0 Å². The molecule has 122 valence electrons. The average Bonchev–Trinajstić information content (AvgIpc) is 2.56. The lowest BCUT2D eigenvalue weighted by Crippen LogP contribution is -2.38. The van der Waals surface area contributed by atoms with Gasteiger partial charge in [-0.2, -0.15) is 0 Å². The number of nitrogens with one attached hydrogen (secondary N) is 2. The van der Waals surface area contributed by atoms with Crippen LogP contribution in [-0.4, -0.2) is 28.9 Å². The van der Waals surface area contributed by atoms with Gasteiger partial charge in [0.15, 0.2) is 0 Å². The van der Waals surface area contributed by atoms with Crippen molar-refractivity contribution in [3.05, 3.63) is 42.0 Å². The predicted molar refractivity (Wildman–Crippen MR) is 86.1 cm³/mol. The molecule has 0 saturated heterocycles. The molecule has 2 unspecified atom stereocenters. The Balaban J connectivity index is 1.93. The van der Waals surface area contributed by atoms with Crippen molar-refractivity contribution in [1.82, 2.24) is 5.32 Å². The Morgan fingerprint density at radius 1 is 1.17 bits per heavy atom. The molecule has 23 heavy (non-hydrogen) atoms. The van der Waals surface area contributed by atoms with Crippen molar-refractivity contribution >= 4 is 23.5 Å². The maximum Gasteiger partial charge on any atom is 0.325 e. The predicted octanol–water partition coefficient (Wildman–Crippen LogP) is 2.18. The molecular weight excluding hydrogens is 296 g/mol. The lowest BCUT2D eigenvalue weighted by Gasteiger charge is -2.17. The van der Waals surface area contributed by atoms with E-state index in [-0.39, 0.29) is 11.8 Å². The summed E-state index contributed by atoms with van der Waals surface area (Å²) in [5.74, 6) is -1.59. The second-order valence-corrected chi connectivity index (χ2v) is 5.58. The molecule has 0 heterocycles. The van der Waals surface area contributed by atoms with Crippen LogP contribution in [0.1, 0.15) is 36.5 Å². The van der Waals surface area contributed by atoms with Gasteiger partial charge in [0, 0.05) is 17.2 Å². The molecule has 0 spiro atoms. The molecular formula is C17H20N2O4. The highest BCUT2D eigenvalue weighted by Crippen LogP contribution is 2.20. The zero-order valence-electron chi connectivity index (χ0n) is 12.9. The Morgan fingerprint density at radius 2 is 1.87 bits per heavy atom. The summed E-state index contributed by atoms with van der Waals surface area (Å²) in [5, 5.41) is 14.0. The number of carboxylic acid groups (broad SMARTS) is 1. The highest BCUT2D eigenvalue weighted by Gasteiger charge is 2.19. The highest BCUT2D eigenvalue weighted by molar-refractivity contribution is 5.97. The highest BCUT2D eigenvalue weighted by atomic mass is 16.4. The van der Waals surface area contributed by atoms with E-state index in [4.69, 9.17) is 5.11 Å². The van der Waals surface area contributed by atoms with Gasteiger partial charge in [0.05, 0.1) is 0 Å². The lowest BCUT2D eigenvalue weighted by atomic mass is 9.93. The molecule has 3 N–H and O–H groups in total. The van der Waals surface area contributed by atoms with E-state index in [1.807, 2.05) is 6.08 Å². The van der Waals surface area contributed by atoms with Crippen LogP contribution in [-0.2, 0) is 9.59 Å². The van der Waals surface area contributed by atoms with Gasteiger partial charge in [0.1, 0.15) is 6.04 Å². The minimum Gasteiger partial charge on any atom is -0.480 e. The number of carboxylic acids is 1. The Labute approximate surface area is 134 Å². The van der Waals surface area contributed by atoms with E-state index in [2.05, 4.69) is 16.7 Å². The number of rotatable bonds is 5. The molecule has 6 heteroatoms. The van der Waals surface area contributed by atoms with Gasteiger partial charge in [-0.05, 0) is 50.5 Å². The molecule has 1 aromatic rings. The van der Waals surface area contributed by atoms with Crippen LogP contribution in [0.4, 0.5) is 5.69 Å². The van der Waals surface area contributed by atoms with Crippen molar-refractivity contribution in [2.75, 3.05) is 5.32 Å². The lowest BCUT2D eigenvalue weighted by molar-refractivity contribution is -0.138. The number of carbonyl (C=O) groups is 3. The number of anilines is 1. The second-order valence-electron chi connectivity index (χ2n) is 5.58. The fourth-order valence-corrected chi connectivity index (χ4v) is 2.32. The summed E-state index contributed by atoms with van der Waals surface area (Å²) >= 11 is 0. The molecule has 6 nitrogen and oxygen atoms in total. The van der Waals surface area contributed by atoms with Gasteiger partial charge in [-0.3, -0.25) is 14.4 Å². The summed E-state index contributed by atoms with van der Waals surface area (Å²) in [5.41, 5.74) is 0.962. The van der Waals surface area contributed by atoms with Crippen LogP contribution in [0.3, 0.4) is 0 Å². The van der Waals surface area contributed by atoms with Gasteiger partial charge < -0.3 is 15.7 Å². The summed E-state index contributed by atoms with van der Waals surface area (Å²) in [6, 6.07) is 5.43. The maximum absolute atomic E-state index is 12.1. The first-order chi connectivity index (χ1) is 11.0. The molecule has 0 aromatic heterocycles. The third-order valence-electron chi connectivity index (χ3n) is 3.77. The third-order valence-corrected chi connectivity index (χ3v) is 3.77. The van der Waals surface area contributed by atoms with Gasteiger partial charge in [-0.25, -0.2) is 0 Å². The van der Waals surface area contributed by atoms with Crippen LogP contribution in [0.5, 0.6) is 0 Å². The van der Waals surface area contributed by atoms with Crippen LogP contribution in [0.15, 0.2) is 36.4 Å². The molecule has 0 saturated carbocycles. The zero-order valence-corrected chi connectivity index (χ0v) is 12.9. The Kier molecular flexibility index (Phi) is 5.51. The van der Waals surface area contributed by atoms with Crippen molar-refractivity contribution < 1.29 is 19.5 Å². The molecule has 0 fully saturated rings. The van der Waals surface area contributed by atoms with Crippen molar-refractivity contribution in [2.24, 2.45) is 5.92 Å². The molecule has 2 atom stereocenters. The smallest absolute Gasteiger partial charge is 0.325 e. The minimum atomic E-state index is -1.09. The van der Waals surface area contributed by atoms with Gasteiger partial charge in [-0.1, -0.05) is 12.2 Å². The van der Waals surface area contributed by atoms with Gasteiger partial charge in [0.25, 0.3) is 5.91 Å². The van der Waals surface area contributed by atoms with E-state index in [0.717, 1.165) is 19.3 Å². The molecule has 2 rings (SSSR count). The first kappa shape index (κ1) is 16.7. The van der Waals surface area contributed by atoms with Gasteiger partial charge >= 0.3 is 5.97 Å². The van der Waals surface area contributed by atoms with Crippen molar-refractivity contribution in [3.63, 3.8) is 0 Å². The molecule has 1 aliphatic carbocycles. The minimum absolute atomic E-state index is 0.0145. The normalized spacial score (nSPS) is 18.0. The SMILES string of the molecule is CC(NC(=O)c1ccc(NC(=O)C2CC=CCC2)cc1)C(=O)O. The van der Waals surface area contributed by atoms with Crippen LogP contribution in [0, 0.1) is 5.92 Å². The number of aliphatic carboxylic acids is 1. The standard InChI is InChI=1S/C17H20N2O4/c1-11(17(22)23)18-15(20)13-7-9-14(10-8-13)19-16(21)12-5-3-2-4-6-12/h2-3,7-12H,4-6H2,1H3,(H,18,20)(H,19,21)(H,22,23). The maximum atomic E-state index is 12.1. The molecule has 0 bridgehead atoms. The summed E-state index contributed by atoms with van der Waals surface area (Å²) in [6.07, 6.45) is 6.61. The molecule has 0 radical (unpaired) electrons. The zero-order chi connectivity index (χ0) is 16.8. The number of hydrogen-bond donors (Lipinski definition) is 3. The van der Waals surface area contributed by atoms with Crippen LogP contribution >= 0.6 is 0 Å². The summed E-state index contributed by atoms with van der Waals surface area (Å²) in [6.45, 7) is 1.40. The van der Waals surface area contributed by atoms with E-state index in [9.17, 15) is 14.4 Å². The fourth-order valence-electron chi connectivity index (χ4n) is 2.32. The monoisotopic (exact) mass is 316 g/mol. The Bertz CT molecular complexity index is 622. The Hall–Kier alpha value is -2.63. The van der Waals surface area contributed by atoms with Crippen LogP contribution < -0.4 is 10.6 Å². The topological polar surface area (TPSA) is 95.5 Å². The quantitative estimate of drug-likeness (QED) is 0.726. The largest absolute Gasteiger partial charge is 0.480 e. The van der Waals surface area contributed by atoms with Crippen molar-refractivity contribution in [2.45, 2.75) is 32.2 Å². The molecule has 2 amide bonds. The first-order valence-electron chi connectivity index (χ1n) is 7.57. The second kappa shape index (κ2) is 7.58. The first-order valence-corrected chi connectivity index (χ1v) is 7.57. The number of carbonyl (C=O) groups excluding carboxylic acids is 2. The fraction of sp³-hybridized carbons (Fsp3) is 0.353. The van der Waals surface area contributed by atoms with E-state index in [1.54, 1.807) is 24.3 Å². The average molecular weight is 316 g/mol. The Morgan fingerprint density at radius 3 is 2.43 bits per heavy atom. The van der Waals surface area contributed by atoms with E-state index in [1.165, 1.54) is 6.92 Å². The van der Waals surface area contributed by atoms with Crippen LogP contribution in [0.25, 0.3) is 0 Å². The van der Waals surface area contributed by atoms with E-state index >= 15 is 0 Å². The molecule has 1 aliphatic rings. The van der Waals surface area contributed by atoms with Gasteiger partial charge in [-0.15, -0.1) is 0 Å². The van der Waals surface area contributed by atoms with E-state index < -0.39 is 17.9 Å². The van der Waals surface area contributed by atoms with Crippen LogP contribution in [0.2, 0.25) is 0 Å². The molecule has 1 aromatic carbocycles. The number of allylic oxidation sites excluding steroid dienone is 2. The van der Waals surface area contributed by atoms with Crippen molar-refractivity contribution in [1.29, 1.82) is 0 Å². The number of hydrogen-bond acceptors (Lipinski definition) is 3. The third kappa shape index (κ3) is 4.67. The summed E-state index contributed by atoms with van der Waals surface area (Å²) in [4.78, 5) is 34.7. The molecule has 0 aliphatic heterocycles. The number of benzene rings is 1. The summed E-state index contributed by atoms with van der Waals surface area (Å²) in [7, 11) is 0. The van der Waals surface area contributed by atoms with E-state index in [0.29, 0.717) is 11.3 Å². The number of amides is 2.